The van der Waals surface area contributed by atoms with E-state index in [1.807, 2.05) is 85.8 Å². The van der Waals surface area contributed by atoms with Gasteiger partial charge in [0.25, 0.3) is 5.91 Å². The predicted octanol–water partition coefficient (Wildman–Crippen LogP) is 3.61. The lowest BCUT2D eigenvalue weighted by atomic mass is 9.80. The third-order valence-corrected chi connectivity index (χ3v) is 8.27. The maximum absolute atomic E-state index is 13.7. The third-order valence-electron chi connectivity index (χ3n) is 8.27. The maximum atomic E-state index is 13.7. The van der Waals surface area contributed by atoms with Crippen molar-refractivity contribution in [3.05, 3.63) is 119 Å². The lowest BCUT2D eigenvalue weighted by molar-refractivity contribution is -0.132. The van der Waals surface area contributed by atoms with Crippen LogP contribution in [0.5, 0.6) is 0 Å². The lowest BCUT2D eigenvalue weighted by Crippen LogP contribution is -2.46. The van der Waals surface area contributed by atoms with Crippen LogP contribution in [0.3, 0.4) is 0 Å². The van der Waals surface area contributed by atoms with Crippen LogP contribution < -0.4 is 10.6 Å². The van der Waals surface area contributed by atoms with Gasteiger partial charge in [0.1, 0.15) is 18.1 Å². The van der Waals surface area contributed by atoms with Crippen LogP contribution in [0.1, 0.15) is 34.9 Å². The van der Waals surface area contributed by atoms with Gasteiger partial charge in [0.2, 0.25) is 11.8 Å². The lowest BCUT2D eigenvalue weighted by Gasteiger charge is -2.33. The highest BCUT2D eigenvalue weighted by Gasteiger charge is 2.52. The highest BCUT2D eigenvalue weighted by atomic mass is 16.2. The number of nitrogens with one attached hydrogen (secondary N) is 2. The van der Waals surface area contributed by atoms with Gasteiger partial charge in [-0.3, -0.25) is 24.3 Å². The van der Waals surface area contributed by atoms with E-state index in [1.54, 1.807) is 12.4 Å². The summed E-state index contributed by atoms with van der Waals surface area (Å²) in [6, 6.07) is 24.4. The summed E-state index contributed by atoms with van der Waals surface area (Å²) in [5.41, 5.74) is 3.13. The molecule has 2 aromatic carbocycles. The molecule has 2 atom stereocenters. The Labute approximate surface area is 236 Å². The van der Waals surface area contributed by atoms with Gasteiger partial charge in [-0.2, -0.15) is 0 Å². The van der Waals surface area contributed by atoms with E-state index in [2.05, 4.69) is 20.6 Å². The van der Waals surface area contributed by atoms with E-state index in [4.69, 9.17) is 4.99 Å². The summed E-state index contributed by atoms with van der Waals surface area (Å²) in [5, 5.41) is 5.81. The van der Waals surface area contributed by atoms with Crippen molar-refractivity contribution in [2.75, 3.05) is 17.2 Å². The van der Waals surface area contributed by atoms with Crippen LogP contribution in [0.15, 0.2) is 96.2 Å². The van der Waals surface area contributed by atoms with Crippen molar-refractivity contribution in [2.45, 2.75) is 30.8 Å². The number of nitrogens with zero attached hydrogens (tertiary/aromatic N) is 4. The van der Waals surface area contributed by atoms with E-state index < -0.39 is 11.1 Å². The fraction of sp³-hybridized carbons (Fsp3) is 0.188. The number of pyridine rings is 2. The molecule has 0 unspecified atom stereocenters. The summed E-state index contributed by atoms with van der Waals surface area (Å²) in [6.07, 6.45) is 4.20. The number of hydrogen-bond donors (Lipinski definition) is 2. The summed E-state index contributed by atoms with van der Waals surface area (Å²) in [5.74, 6) is -0.178. The number of aromatic nitrogens is 2. The smallest absolute Gasteiger partial charge is 0.275 e. The Morgan fingerprint density at radius 1 is 0.976 bits per heavy atom. The van der Waals surface area contributed by atoms with Crippen molar-refractivity contribution in [3.63, 3.8) is 0 Å². The first kappa shape index (κ1) is 24.8. The number of rotatable bonds is 5. The van der Waals surface area contributed by atoms with Gasteiger partial charge < -0.3 is 10.6 Å². The Kier molecular flexibility index (Phi) is 5.57. The Morgan fingerprint density at radius 2 is 1.73 bits per heavy atom. The Bertz CT molecular complexity index is 1760. The molecule has 3 aliphatic rings. The molecule has 41 heavy (non-hydrogen) atoms. The molecule has 3 amide bonds. The first-order valence-electron chi connectivity index (χ1n) is 13.4. The van der Waals surface area contributed by atoms with Gasteiger partial charge in [0, 0.05) is 29.4 Å². The Hall–Kier alpha value is -5.18. The fourth-order valence-electron chi connectivity index (χ4n) is 6.16. The highest BCUT2D eigenvalue weighted by molar-refractivity contribution is 6.47. The number of hydrogen-bond acceptors (Lipinski definition) is 6. The topological polar surface area (TPSA) is 117 Å². The molecule has 0 saturated carbocycles. The van der Waals surface area contributed by atoms with E-state index in [1.165, 1.54) is 4.90 Å². The van der Waals surface area contributed by atoms with Gasteiger partial charge in [-0.15, -0.1) is 0 Å². The van der Waals surface area contributed by atoms with Crippen LogP contribution in [-0.2, 0) is 38.3 Å². The van der Waals surface area contributed by atoms with Crippen LogP contribution in [0.25, 0.3) is 0 Å². The molecule has 2 aromatic heterocycles. The maximum Gasteiger partial charge on any atom is 0.275 e. The predicted molar refractivity (Wildman–Crippen MR) is 153 cm³/mol. The number of fused-ring (bicyclic) bond motifs is 3. The average Bonchev–Trinajstić information content (AvgIpc) is 3.60. The Balaban J connectivity index is 1.13. The van der Waals surface area contributed by atoms with Crippen LogP contribution in [0.2, 0.25) is 0 Å². The molecular formula is C32H26N6O3. The van der Waals surface area contributed by atoms with Crippen LogP contribution >= 0.6 is 0 Å². The van der Waals surface area contributed by atoms with E-state index in [0.29, 0.717) is 35.6 Å². The van der Waals surface area contributed by atoms with Gasteiger partial charge in [-0.1, -0.05) is 66.7 Å². The molecule has 2 N–H and O–H groups in total. The average molecular weight is 543 g/mol. The summed E-state index contributed by atoms with van der Waals surface area (Å²) >= 11 is 0. The first-order valence-corrected chi connectivity index (χ1v) is 13.4. The molecule has 7 rings (SSSR count). The van der Waals surface area contributed by atoms with Crippen LogP contribution in [0, 0.1) is 0 Å². The second kappa shape index (κ2) is 9.19. The highest BCUT2D eigenvalue weighted by Crippen LogP contribution is 2.46. The summed E-state index contributed by atoms with van der Waals surface area (Å²) < 4.78 is 0. The third kappa shape index (κ3) is 3.92. The van der Waals surface area contributed by atoms with Crippen molar-refractivity contribution >= 4 is 34.9 Å². The van der Waals surface area contributed by atoms with Gasteiger partial charge >= 0.3 is 0 Å². The van der Waals surface area contributed by atoms with Crippen molar-refractivity contribution < 1.29 is 14.4 Å². The Morgan fingerprint density at radius 3 is 2.51 bits per heavy atom. The zero-order chi connectivity index (χ0) is 28.2. The molecule has 0 saturated heterocycles. The number of carbonyl (C=O) groups is 3. The normalized spacial score (nSPS) is 22.4. The largest absolute Gasteiger partial charge is 0.323 e. The molecule has 0 radical (unpaired) electrons. The molecule has 1 aliphatic carbocycles. The van der Waals surface area contributed by atoms with E-state index in [-0.39, 0.29) is 24.3 Å². The standard InChI is InChI=1S/C32H26N6O3/c1-31(22-11-6-3-7-12-22)37-27(20-9-4-2-5-10-20)29(40)38(31)19-26(39)35-23-15-21-16-32(17-25(21)34-18-23)24-13-8-14-33-28(24)36-30(32)41/h2-15,18H,16-17,19H2,1H3,(H,35,39)(H,33,36,41)/t31-,32+/m1/s1. The second-order valence-corrected chi connectivity index (χ2v) is 10.8. The quantitative estimate of drug-likeness (QED) is 0.400. The van der Waals surface area contributed by atoms with E-state index in [9.17, 15) is 14.4 Å². The van der Waals surface area contributed by atoms with Crippen LogP contribution in [0.4, 0.5) is 11.5 Å². The van der Waals surface area contributed by atoms with E-state index in [0.717, 1.165) is 22.4 Å². The molecular weight excluding hydrogens is 516 g/mol. The molecule has 1 spiro atoms. The number of benzene rings is 2. The summed E-state index contributed by atoms with van der Waals surface area (Å²) in [6.45, 7) is 1.64. The molecule has 0 bridgehead atoms. The molecule has 4 heterocycles. The monoisotopic (exact) mass is 542 g/mol. The fourth-order valence-corrected chi connectivity index (χ4v) is 6.16. The first-order chi connectivity index (χ1) is 19.9. The number of amides is 3. The van der Waals surface area contributed by atoms with Gasteiger partial charge in [0.05, 0.1) is 17.3 Å². The summed E-state index contributed by atoms with van der Waals surface area (Å²) in [7, 11) is 0. The molecule has 9 heteroatoms. The van der Waals surface area contributed by atoms with Gasteiger partial charge in [-0.25, -0.2) is 9.98 Å². The zero-order valence-corrected chi connectivity index (χ0v) is 22.3. The van der Waals surface area contributed by atoms with E-state index >= 15 is 0 Å². The van der Waals surface area contributed by atoms with Crippen molar-refractivity contribution in [3.8, 4) is 0 Å². The summed E-state index contributed by atoms with van der Waals surface area (Å²) in [4.78, 5) is 55.3. The number of aliphatic imine (C=N–C) groups is 1. The minimum Gasteiger partial charge on any atom is -0.323 e. The van der Waals surface area contributed by atoms with Crippen molar-refractivity contribution in [1.29, 1.82) is 0 Å². The molecule has 202 valence electrons. The zero-order valence-electron chi connectivity index (χ0n) is 22.3. The molecule has 2 aliphatic heterocycles. The van der Waals surface area contributed by atoms with Gasteiger partial charge in [0.15, 0.2) is 5.66 Å². The minimum absolute atomic E-state index is 0.0863. The van der Waals surface area contributed by atoms with Gasteiger partial charge in [-0.05, 0) is 36.6 Å². The van der Waals surface area contributed by atoms with Crippen LogP contribution in [-0.4, -0.2) is 44.8 Å². The minimum atomic E-state index is -1.05. The number of anilines is 2. The molecule has 4 aromatic rings. The second-order valence-electron chi connectivity index (χ2n) is 10.8. The number of carbonyl (C=O) groups excluding carboxylic acids is 3. The molecule has 9 nitrogen and oxygen atoms in total. The van der Waals surface area contributed by atoms with Crippen molar-refractivity contribution in [2.24, 2.45) is 4.99 Å². The SMILES string of the molecule is C[C@@]1(c2ccccc2)N=C(c2ccccc2)C(=O)N1CC(=O)Nc1cnc2c(c1)C[C@@]1(C2)C(=O)Nc2ncccc21. The van der Waals surface area contributed by atoms with Crippen molar-refractivity contribution in [1.82, 2.24) is 14.9 Å². The molecule has 0 fully saturated rings.